The minimum atomic E-state index is 0.407. The van der Waals surface area contributed by atoms with Crippen LogP contribution in [0.25, 0.3) is 0 Å². The number of nitrogens with one attached hydrogen (secondary N) is 1. The van der Waals surface area contributed by atoms with E-state index in [1.807, 2.05) is 17.9 Å². The van der Waals surface area contributed by atoms with Crippen LogP contribution in [0.3, 0.4) is 0 Å². The Kier molecular flexibility index (Phi) is 4.38. The van der Waals surface area contributed by atoms with Crippen LogP contribution in [-0.4, -0.2) is 21.5 Å². The Morgan fingerprint density at radius 3 is 2.61 bits per heavy atom. The molecule has 1 saturated carbocycles. The SMILES string of the molecule is CCCNC(c1cnnn1C)C1(CC)CCCC1. The Labute approximate surface area is 110 Å². The molecular weight excluding hydrogens is 224 g/mol. The van der Waals surface area contributed by atoms with Gasteiger partial charge in [0.15, 0.2) is 0 Å². The van der Waals surface area contributed by atoms with Crippen molar-refractivity contribution in [2.45, 2.75) is 58.4 Å². The first-order valence-corrected chi connectivity index (χ1v) is 7.31. The molecule has 0 aromatic carbocycles. The number of aromatic nitrogens is 3. The predicted molar refractivity (Wildman–Crippen MR) is 73.2 cm³/mol. The van der Waals surface area contributed by atoms with Crippen molar-refractivity contribution in [2.75, 3.05) is 6.54 Å². The van der Waals surface area contributed by atoms with Gasteiger partial charge >= 0.3 is 0 Å². The van der Waals surface area contributed by atoms with E-state index in [0.29, 0.717) is 11.5 Å². The van der Waals surface area contributed by atoms with Crippen molar-refractivity contribution in [1.29, 1.82) is 0 Å². The average Bonchev–Trinajstić information content (AvgIpc) is 3.01. The highest BCUT2D eigenvalue weighted by Crippen LogP contribution is 2.49. The molecule has 1 heterocycles. The van der Waals surface area contributed by atoms with Gasteiger partial charge in [-0.3, -0.25) is 4.68 Å². The third kappa shape index (κ3) is 2.44. The van der Waals surface area contributed by atoms with E-state index in [9.17, 15) is 0 Å². The lowest BCUT2D eigenvalue weighted by atomic mass is 9.75. The summed E-state index contributed by atoms with van der Waals surface area (Å²) in [4.78, 5) is 0. The fourth-order valence-corrected chi connectivity index (χ4v) is 3.41. The quantitative estimate of drug-likeness (QED) is 0.844. The zero-order chi connectivity index (χ0) is 13.0. The molecule has 0 spiro atoms. The van der Waals surface area contributed by atoms with Gasteiger partial charge in [0.1, 0.15) is 0 Å². The van der Waals surface area contributed by atoms with Crippen molar-refractivity contribution in [2.24, 2.45) is 12.5 Å². The maximum atomic E-state index is 4.11. The van der Waals surface area contributed by atoms with Crippen LogP contribution in [0.5, 0.6) is 0 Å². The standard InChI is InChI=1S/C14H26N4/c1-4-10-15-13(12-11-16-17-18(12)3)14(5-2)8-6-7-9-14/h11,13,15H,4-10H2,1-3H3. The lowest BCUT2D eigenvalue weighted by Gasteiger charge is -2.37. The van der Waals surface area contributed by atoms with E-state index in [1.165, 1.54) is 44.2 Å². The topological polar surface area (TPSA) is 42.7 Å². The van der Waals surface area contributed by atoms with E-state index in [-0.39, 0.29) is 0 Å². The van der Waals surface area contributed by atoms with E-state index < -0.39 is 0 Å². The second-order valence-electron chi connectivity index (χ2n) is 5.59. The second kappa shape index (κ2) is 5.83. The van der Waals surface area contributed by atoms with Crippen LogP contribution in [0.15, 0.2) is 6.20 Å². The third-order valence-corrected chi connectivity index (χ3v) is 4.56. The molecule has 1 fully saturated rings. The minimum Gasteiger partial charge on any atom is -0.308 e. The molecular formula is C14H26N4. The lowest BCUT2D eigenvalue weighted by Crippen LogP contribution is -2.37. The van der Waals surface area contributed by atoms with Gasteiger partial charge in [-0.25, -0.2) is 0 Å². The smallest absolute Gasteiger partial charge is 0.0758 e. The zero-order valence-corrected chi connectivity index (χ0v) is 11.9. The Balaban J connectivity index is 2.26. The number of aryl methyl sites for hydroxylation is 1. The summed E-state index contributed by atoms with van der Waals surface area (Å²) in [5, 5.41) is 11.9. The molecule has 1 aliphatic rings. The molecule has 102 valence electrons. The fraction of sp³-hybridized carbons (Fsp3) is 0.857. The van der Waals surface area contributed by atoms with Gasteiger partial charge < -0.3 is 5.32 Å². The summed E-state index contributed by atoms with van der Waals surface area (Å²) < 4.78 is 1.93. The van der Waals surface area contributed by atoms with Crippen LogP contribution >= 0.6 is 0 Å². The molecule has 2 rings (SSSR count). The van der Waals surface area contributed by atoms with Crippen LogP contribution in [0, 0.1) is 5.41 Å². The molecule has 0 aliphatic heterocycles. The highest BCUT2D eigenvalue weighted by molar-refractivity contribution is 5.10. The van der Waals surface area contributed by atoms with E-state index >= 15 is 0 Å². The van der Waals surface area contributed by atoms with Gasteiger partial charge in [-0.1, -0.05) is 31.9 Å². The van der Waals surface area contributed by atoms with Crippen molar-refractivity contribution in [3.63, 3.8) is 0 Å². The first-order valence-electron chi connectivity index (χ1n) is 7.31. The van der Waals surface area contributed by atoms with Gasteiger partial charge in [-0.05, 0) is 37.6 Å². The van der Waals surface area contributed by atoms with Gasteiger partial charge in [0.25, 0.3) is 0 Å². The van der Waals surface area contributed by atoms with E-state index in [0.717, 1.165) is 6.54 Å². The summed E-state index contributed by atoms with van der Waals surface area (Å²) in [7, 11) is 2.00. The van der Waals surface area contributed by atoms with E-state index in [2.05, 4.69) is 29.5 Å². The largest absolute Gasteiger partial charge is 0.308 e. The number of hydrogen-bond donors (Lipinski definition) is 1. The van der Waals surface area contributed by atoms with Crippen molar-refractivity contribution in [1.82, 2.24) is 20.3 Å². The Morgan fingerprint density at radius 2 is 2.11 bits per heavy atom. The molecule has 1 aromatic rings. The van der Waals surface area contributed by atoms with Gasteiger partial charge in [0, 0.05) is 7.05 Å². The average molecular weight is 250 g/mol. The fourth-order valence-electron chi connectivity index (χ4n) is 3.41. The summed E-state index contributed by atoms with van der Waals surface area (Å²) in [6.45, 7) is 5.62. The van der Waals surface area contributed by atoms with E-state index in [4.69, 9.17) is 0 Å². The third-order valence-electron chi connectivity index (χ3n) is 4.56. The molecule has 1 atom stereocenters. The summed E-state index contributed by atoms with van der Waals surface area (Å²) in [6, 6.07) is 0.407. The highest BCUT2D eigenvalue weighted by atomic mass is 15.4. The molecule has 18 heavy (non-hydrogen) atoms. The number of nitrogens with zero attached hydrogens (tertiary/aromatic N) is 3. The van der Waals surface area contributed by atoms with Gasteiger partial charge in [0.2, 0.25) is 0 Å². The predicted octanol–water partition coefficient (Wildman–Crippen LogP) is 2.83. The molecule has 0 amide bonds. The zero-order valence-electron chi connectivity index (χ0n) is 11.9. The highest BCUT2D eigenvalue weighted by Gasteiger charge is 2.41. The second-order valence-corrected chi connectivity index (χ2v) is 5.59. The maximum absolute atomic E-state index is 4.11. The van der Waals surface area contributed by atoms with Crippen molar-refractivity contribution in [3.8, 4) is 0 Å². The van der Waals surface area contributed by atoms with Crippen molar-refractivity contribution in [3.05, 3.63) is 11.9 Å². The minimum absolute atomic E-state index is 0.407. The molecule has 0 saturated heterocycles. The van der Waals surface area contributed by atoms with Crippen molar-refractivity contribution >= 4 is 0 Å². The maximum Gasteiger partial charge on any atom is 0.0758 e. The molecule has 1 aliphatic carbocycles. The molecule has 1 unspecified atom stereocenters. The molecule has 0 radical (unpaired) electrons. The summed E-state index contributed by atoms with van der Waals surface area (Å²) in [5.41, 5.74) is 1.65. The van der Waals surface area contributed by atoms with Crippen molar-refractivity contribution < 1.29 is 0 Å². The van der Waals surface area contributed by atoms with Crippen LogP contribution in [0.4, 0.5) is 0 Å². The lowest BCUT2D eigenvalue weighted by molar-refractivity contribution is 0.180. The summed E-state index contributed by atoms with van der Waals surface area (Å²) in [6.07, 6.45) is 9.73. The normalized spacial score (nSPS) is 20.2. The first-order chi connectivity index (χ1) is 8.73. The summed E-state index contributed by atoms with van der Waals surface area (Å²) >= 11 is 0. The van der Waals surface area contributed by atoms with Gasteiger partial charge in [0.05, 0.1) is 17.9 Å². The van der Waals surface area contributed by atoms with Crippen LogP contribution in [0.1, 0.15) is 64.1 Å². The van der Waals surface area contributed by atoms with Crippen LogP contribution in [0.2, 0.25) is 0 Å². The molecule has 1 N–H and O–H groups in total. The summed E-state index contributed by atoms with van der Waals surface area (Å²) in [5.74, 6) is 0. The number of hydrogen-bond acceptors (Lipinski definition) is 3. The molecule has 1 aromatic heterocycles. The molecule has 4 nitrogen and oxygen atoms in total. The van der Waals surface area contributed by atoms with E-state index in [1.54, 1.807) is 0 Å². The van der Waals surface area contributed by atoms with Crippen LogP contribution < -0.4 is 5.32 Å². The molecule has 4 heteroatoms. The first kappa shape index (κ1) is 13.5. The van der Waals surface area contributed by atoms with Crippen LogP contribution in [-0.2, 0) is 7.05 Å². The Hall–Kier alpha value is -0.900. The monoisotopic (exact) mass is 250 g/mol. The molecule has 0 bridgehead atoms. The number of rotatable bonds is 6. The Morgan fingerprint density at radius 1 is 1.39 bits per heavy atom. The Bertz CT molecular complexity index is 366. The van der Waals surface area contributed by atoms with Gasteiger partial charge in [-0.2, -0.15) is 0 Å². The van der Waals surface area contributed by atoms with Gasteiger partial charge in [-0.15, -0.1) is 5.10 Å².